The summed E-state index contributed by atoms with van der Waals surface area (Å²) in [7, 11) is 1.35. The summed E-state index contributed by atoms with van der Waals surface area (Å²) < 4.78 is 6.71. The molecule has 146 valence electrons. The minimum Gasteiger partial charge on any atom is -0.465 e. The Morgan fingerprint density at radius 1 is 1.19 bits per heavy atom. The molecule has 1 heterocycles. The van der Waals surface area contributed by atoms with Crippen LogP contribution in [0.5, 0.6) is 0 Å². The molecule has 1 aromatic carbocycles. The third-order valence-corrected chi connectivity index (χ3v) is 4.54. The lowest BCUT2D eigenvalue weighted by molar-refractivity contribution is -0.121. The SMILES string of the molecule is COC(=O)c1ccc(CNC(=O)CCc2c(C)nn(CC(C)C)c2C)cc1. The summed E-state index contributed by atoms with van der Waals surface area (Å²) in [5.41, 5.74) is 4.74. The van der Waals surface area contributed by atoms with E-state index in [2.05, 4.69) is 35.9 Å². The predicted octanol–water partition coefficient (Wildman–Crippen LogP) is 3.19. The van der Waals surface area contributed by atoms with Gasteiger partial charge in [0, 0.05) is 25.2 Å². The van der Waals surface area contributed by atoms with E-state index >= 15 is 0 Å². The summed E-state index contributed by atoms with van der Waals surface area (Å²) in [6.45, 7) is 9.73. The second kappa shape index (κ2) is 9.35. The van der Waals surface area contributed by atoms with Crippen LogP contribution in [0.3, 0.4) is 0 Å². The third-order valence-electron chi connectivity index (χ3n) is 4.54. The van der Waals surface area contributed by atoms with Gasteiger partial charge in [0.15, 0.2) is 0 Å². The monoisotopic (exact) mass is 371 g/mol. The fourth-order valence-electron chi connectivity index (χ4n) is 3.02. The number of hydrogen-bond donors (Lipinski definition) is 1. The lowest BCUT2D eigenvalue weighted by atomic mass is 10.1. The van der Waals surface area contributed by atoms with E-state index in [4.69, 9.17) is 0 Å². The fraction of sp³-hybridized carbons (Fsp3) is 0.476. The lowest BCUT2D eigenvalue weighted by Crippen LogP contribution is -2.23. The van der Waals surface area contributed by atoms with Crippen molar-refractivity contribution < 1.29 is 14.3 Å². The van der Waals surface area contributed by atoms with Crippen LogP contribution in [-0.4, -0.2) is 28.8 Å². The van der Waals surface area contributed by atoms with E-state index in [1.807, 2.05) is 23.7 Å². The van der Waals surface area contributed by atoms with Gasteiger partial charge in [0.05, 0.1) is 18.4 Å². The third kappa shape index (κ3) is 5.67. The summed E-state index contributed by atoms with van der Waals surface area (Å²) in [4.78, 5) is 23.6. The molecule has 0 unspecified atom stereocenters. The Morgan fingerprint density at radius 2 is 1.85 bits per heavy atom. The first-order valence-electron chi connectivity index (χ1n) is 9.28. The van der Waals surface area contributed by atoms with Crippen molar-refractivity contribution >= 4 is 11.9 Å². The standard InChI is InChI=1S/C21H29N3O3/c1-14(2)13-24-16(4)19(15(3)23-24)10-11-20(25)22-12-17-6-8-18(9-7-17)21(26)27-5/h6-9,14H,10-13H2,1-5H3,(H,22,25). The molecule has 0 spiro atoms. The van der Waals surface area contributed by atoms with Gasteiger partial charge in [0.25, 0.3) is 0 Å². The van der Waals surface area contributed by atoms with Crippen LogP contribution in [0.2, 0.25) is 0 Å². The number of aryl methyl sites for hydroxylation is 1. The highest BCUT2D eigenvalue weighted by atomic mass is 16.5. The molecule has 2 rings (SSSR count). The van der Waals surface area contributed by atoms with E-state index < -0.39 is 0 Å². The topological polar surface area (TPSA) is 73.2 Å². The van der Waals surface area contributed by atoms with Crippen molar-refractivity contribution in [3.63, 3.8) is 0 Å². The zero-order valence-electron chi connectivity index (χ0n) is 16.8. The van der Waals surface area contributed by atoms with Gasteiger partial charge < -0.3 is 10.1 Å². The van der Waals surface area contributed by atoms with Crippen LogP contribution in [0.4, 0.5) is 0 Å². The first kappa shape index (κ1) is 20.7. The number of methoxy groups -OCH3 is 1. The van der Waals surface area contributed by atoms with Gasteiger partial charge in [-0.05, 0) is 49.4 Å². The number of benzene rings is 1. The smallest absolute Gasteiger partial charge is 0.337 e. The Balaban J connectivity index is 1.86. The summed E-state index contributed by atoms with van der Waals surface area (Å²) >= 11 is 0. The molecule has 0 saturated carbocycles. The molecule has 1 amide bonds. The molecule has 0 atom stereocenters. The highest BCUT2D eigenvalue weighted by Gasteiger charge is 2.14. The zero-order chi connectivity index (χ0) is 20.0. The first-order valence-corrected chi connectivity index (χ1v) is 9.28. The molecule has 1 N–H and O–H groups in total. The largest absolute Gasteiger partial charge is 0.465 e. The van der Waals surface area contributed by atoms with Crippen LogP contribution in [0.15, 0.2) is 24.3 Å². The molecule has 6 nitrogen and oxygen atoms in total. The molecule has 2 aromatic rings. The number of hydrogen-bond acceptors (Lipinski definition) is 4. The second-order valence-corrected chi connectivity index (χ2v) is 7.19. The van der Waals surface area contributed by atoms with Crippen molar-refractivity contribution in [1.29, 1.82) is 0 Å². The van der Waals surface area contributed by atoms with Gasteiger partial charge in [-0.3, -0.25) is 9.48 Å². The Hall–Kier alpha value is -2.63. The summed E-state index contributed by atoms with van der Waals surface area (Å²) in [6, 6.07) is 7.03. The number of esters is 1. The number of ether oxygens (including phenoxy) is 1. The Labute approximate surface area is 160 Å². The van der Waals surface area contributed by atoms with Crippen LogP contribution in [0.25, 0.3) is 0 Å². The Morgan fingerprint density at radius 3 is 2.44 bits per heavy atom. The minimum atomic E-state index is -0.366. The minimum absolute atomic E-state index is 0.00227. The average molecular weight is 371 g/mol. The van der Waals surface area contributed by atoms with Gasteiger partial charge in [0.2, 0.25) is 5.91 Å². The first-order chi connectivity index (χ1) is 12.8. The molecule has 27 heavy (non-hydrogen) atoms. The van der Waals surface area contributed by atoms with Crippen LogP contribution in [0, 0.1) is 19.8 Å². The molecule has 0 bridgehead atoms. The molecule has 0 radical (unpaired) electrons. The maximum Gasteiger partial charge on any atom is 0.337 e. The van der Waals surface area contributed by atoms with Gasteiger partial charge in [-0.15, -0.1) is 0 Å². The predicted molar refractivity (Wildman–Crippen MR) is 104 cm³/mol. The molecule has 0 saturated heterocycles. The van der Waals surface area contributed by atoms with Gasteiger partial charge in [-0.2, -0.15) is 5.10 Å². The quantitative estimate of drug-likeness (QED) is 0.723. The number of nitrogens with zero attached hydrogens (tertiary/aromatic N) is 2. The molecule has 6 heteroatoms. The molecular formula is C21H29N3O3. The Kier molecular flexibility index (Phi) is 7.16. The molecule has 0 fully saturated rings. The van der Waals surface area contributed by atoms with Crippen molar-refractivity contribution in [1.82, 2.24) is 15.1 Å². The van der Waals surface area contributed by atoms with E-state index in [0.717, 1.165) is 29.1 Å². The molecule has 0 aliphatic heterocycles. The number of nitrogens with one attached hydrogen (secondary N) is 1. The maximum atomic E-state index is 12.2. The number of rotatable bonds is 8. The lowest BCUT2D eigenvalue weighted by Gasteiger charge is -2.08. The van der Waals surface area contributed by atoms with Gasteiger partial charge in [-0.1, -0.05) is 26.0 Å². The summed E-state index contributed by atoms with van der Waals surface area (Å²) in [5, 5.41) is 7.53. The zero-order valence-corrected chi connectivity index (χ0v) is 16.8. The molecule has 0 aliphatic carbocycles. The van der Waals surface area contributed by atoms with Gasteiger partial charge in [0.1, 0.15) is 0 Å². The second-order valence-electron chi connectivity index (χ2n) is 7.19. The highest BCUT2D eigenvalue weighted by molar-refractivity contribution is 5.89. The summed E-state index contributed by atoms with van der Waals surface area (Å²) in [5.74, 6) is 0.168. The number of carbonyl (C=O) groups is 2. The van der Waals surface area contributed by atoms with E-state index in [0.29, 0.717) is 30.9 Å². The van der Waals surface area contributed by atoms with Crippen LogP contribution < -0.4 is 5.32 Å². The maximum absolute atomic E-state index is 12.2. The van der Waals surface area contributed by atoms with Crippen LogP contribution in [-0.2, 0) is 29.0 Å². The van der Waals surface area contributed by atoms with Gasteiger partial charge >= 0.3 is 5.97 Å². The van der Waals surface area contributed by atoms with Crippen LogP contribution >= 0.6 is 0 Å². The van der Waals surface area contributed by atoms with E-state index in [-0.39, 0.29) is 11.9 Å². The number of aromatic nitrogens is 2. The normalized spacial score (nSPS) is 10.9. The number of amides is 1. The number of carbonyl (C=O) groups excluding carboxylic acids is 2. The van der Waals surface area contributed by atoms with Crippen molar-refractivity contribution in [2.24, 2.45) is 5.92 Å². The molecular weight excluding hydrogens is 342 g/mol. The van der Waals surface area contributed by atoms with Crippen molar-refractivity contribution in [3.8, 4) is 0 Å². The molecule has 0 aliphatic rings. The average Bonchev–Trinajstić information content (AvgIpc) is 2.90. The molecule has 1 aromatic heterocycles. The van der Waals surface area contributed by atoms with Crippen molar-refractivity contribution in [2.75, 3.05) is 7.11 Å². The summed E-state index contributed by atoms with van der Waals surface area (Å²) in [6.07, 6.45) is 1.11. The van der Waals surface area contributed by atoms with Crippen LogP contribution in [0.1, 0.15) is 53.1 Å². The van der Waals surface area contributed by atoms with Crippen molar-refractivity contribution in [2.45, 2.75) is 53.6 Å². The highest BCUT2D eigenvalue weighted by Crippen LogP contribution is 2.16. The van der Waals surface area contributed by atoms with Crippen molar-refractivity contribution in [3.05, 3.63) is 52.3 Å². The van der Waals surface area contributed by atoms with E-state index in [1.54, 1.807) is 12.1 Å². The van der Waals surface area contributed by atoms with E-state index in [1.165, 1.54) is 7.11 Å². The Bertz CT molecular complexity index is 792. The van der Waals surface area contributed by atoms with E-state index in [9.17, 15) is 9.59 Å². The van der Waals surface area contributed by atoms with Gasteiger partial charge in [-0.25, -0.2) is 4.79 Å². The fourth-order valence-corrected chi connectivity index (χ4v) is 3.02.